The van der Waals surface area contributed by atoms with Crippen LogP contribution in [0.1, 0.15) is 76.5 Å². The van der Waals surface area contributed by atoms with Crippen molar-refractivity contribution in [2.75, 3.05) is 32.8 Å². The van der Waals surface area contributed by atoms with Gasteiger partial charge in [0, 0.05) is 43.9 Å². The number of carbonyl (C=O) groups is 4. The molecule has 1 fully saturated rings. The minimum atomic E-state index is -1.04. The minimum absolute atomic E-state index is 0.0176. The van der Waals surface area contributed by atoms with Crippen LogP contribution in [0.15, 0.2) is 36.4 Å². The Kier molecular flexibility index (Phi) is 12.6. The summed E-state index contributed by atoms with van der Waals surface area (Å²) in [5, 5.41) is 12.9. The van der Waals surface area contributed by atoms with Gasteiger partial charge in [0.2, 0.25) is 5.91 Å². The first-order valence-corrected chi connectivity index (χ1v) is 15.2. The minimum Gasteiger partial charge on any atom is -0.460 e. The van der Waals surface area contributed by atoms with Gasteiger partial charge in [0.25, 0.3) is 5.91 Å². The zero-order valence-electron chi connectivity index (χ0n) is 26.4. The van der Waals surface area contributed by atoms with Crippen molar-refractivity contribution in [2.45, 2.75) is 84.5 Å². The SMILES string of the molecule is CCOC(=O)N1CCN(C(=O)[C@H](CCC(=O)OC(C)(C)C)NC(=O)c2cc(CCC(O)CC)nc(-c3ccccc3)n2)CC1. The van der Waals surface area contributed by atoms with Gasteiger partial charge < -0.3 is 29.7 Å². The van der Waals surface area contributed by atoms with E-state index in [1.54, 1.807) is 38.7 Å². The lowest BCUT2D eigenvalue weighted by Crippen LogP contribution is -2.56. The predicted octanol–water partition coefficient (Wildman–Crippen LogP) is 3.37. The third-order valence-corrected chi connectivity index (χ3v) is 7.03. The van der Waals surface area contributed by atoms with E-state index in [1.165, 1.54) is 4.90 Å². The second-order valence-corrected chi connectivity index (χ2v) is 11.7. The van der Waals surface area contributed by atoms with Crippen molar-refractivity contribution in [1.29, 1.82) is 0 Å². The van der Waals surface area contributed by atoms with Crippen LogP contribution in [-0.2, 0) is 25.5 Å². The number of aliphatic hydroxyl groups excluding tert-OH is 1. The van der Waals surface area contributed by atoms with Crippen LogP contribution in [0.2, 0.25) is 0 Å². The fourth-order valence-electron chi connectivity index (χ4n) is 4.67. The van der Waals surface area contributed by atoms with E-state index >= 15 is 0 Å². The first-order valence-electron chi connectivity index (χ1n) is 15.2. The van der Waals surface area contributed by atoms with Crippen LogP contribution >= 0.6 is 0 Å². The number of hydrogen-bond donors (Lipinski definition) is 2. The van der Waals surface area contributed by atoms with Gasteiger partial charge in [-0.1, -0.05) is 37.3 Å². The van der Waals surface area contributed by atoms with Crippen LogP contribution in [0.25, 0.3) is 11.4 Å². The Morgan fingerprint density at radius 3 is 2.25 bits per heavy atom. The van der Waals surface area contributed by atoms with E-state index in [0.29, 0.717) is 30.8 Å². The molecule has 12 nitrogen and oxygen atoms in total. The zero-order valence-corrected chi connectivity index (χ0v) is 26.4. The van der Waals surface area contributed by atoms with Crippen LogP contribution in [0.4, 0.5) is 4.79 Å². The number of aromatic nitrogens is 2. The molecule has 240 valence electrons. The van der Waals surface area contributed by atoms with Crippen molar-refractivity contribution in [1.82, 2.24) is 25.1 Å². The summed E-state index contributed by atoms with van der Waals surface area (Å²) >= 11 is 0. The molecule has 3 rings (SSSR count). The lowest BCUT2D eigenvalue weighted by molar-refractivity contribution is -0.155. The maximum Gasteiger partial charge on any atom is 0.409 e. The van der Waals surface area contributed by atoms with Crippen molar-refractivity contribution < 1.29 is 33.8 Å². The number of piperazine rings is 1. The summed E-state index contributed by atoms with van der Waals surface area (Å²) in [6.07, 6.45) is 0.497. The number of ether oxygens (including phenoxy) is 2. The number of nitrogens with zero attached hydrogens (tertiary/aromatic N) is 4. The summed E-state index contributed by atoms with van der Waals surface area (Å²) in [7, 11) is 0. The molecule has 2 N–H and O–H groups in total. The Balaban J connectivity index is 1.83. The highest BCUT2D eigenvalue weighted by Gasteiger charge is 2.32. The third kappa shape index (κ3) is 10.6. The molecule has 2 atom stereocenters. The topological polar surface area (TPSA) is 151 Å². The molecular formula is C32H45N5O7. The highest BCUT2D eigenvalue weighted by molar-refractivity contribution is 5.96. The van der Waals surface area contributed by atoms with Crippen molar-refractivity contribution in [3.63, 3.8) is 0 Å². The second kappa shape index (κ2) is 16.1. The maximum atomic E-state index is 13.7. The first kappa shape index (κ1) is 34.4. The Labute approximate surface area is 259 Å². The van der Waals surface area contributed by atoms with E-state index in [4.69, 9.17) is 9.47 Å². The maximum absolute atomic E-state index is 13.7. The van der Waals surface area contributed by atoms with Crippen molar-refractivity contribution >= 4 is 23.9 Å². The van der Waals surface area contributed by atoms with E-state index in [2.05, 4.69) is 15.3 Å². The van der Waals surface area contributed by atoms with E-state index in [9.17, 15) is 24.3 Å². The molecule has 2 aromatic rings. The highest BCUT2D eigenvalue weighted by Crippen LogP contribution is 2.18. The molecule has 1 saturated heterocycles. The number of esters is 1. The molecule has 0 saturated carbocycles. The largest absolute Gasteiger partial charge is 0.460 e. The third-order valence-electron chi connectivity index (χ3n) is 7.03. The fourth-order valence-corrected chi connectivity index (χ4v) is 4.67. The molecule has 0 radical (unpaired) electrons. The van der Waals surface area contributed by atoms with E-state index in [1.807, 2.05) is 37.3 Å². The molecular weight excluding hydrogens is 566 g/mol. The van der Waals surface area contributed by atoms with Crippen LogP contribution in [0, 0.1) is 0 Å². The monoisotopic (exact) mass is 611 g/mol. The number of benzene rings is 1. The van der Waals surface area contributed by atoms with Crippen molar-refractivity contribution in [3.05, 3.63) is 47.8 Å². The molecule has 2 heterocycles. The van der Waals surface area contributed by atoms with Gasteiger partial charge in [-0.15, -0.1) is 0 Å². The molecule has 44 heavy (non-hydrogen) atoms. The van der Waals surface area contributed by atoms with Gasteiger partial charge in [0.1, 0.15) is 17.3 Å². The van der Waals surface area contributed by atoms with E-state index < -0.39 is 35.7 Å². The van der Waals surface area contributed by atoms with Crippen molar-refractivity contribution in [2.24, 2.45) is 0 Å². The molecule has 12 heteroatoms. The molecule has 3 amide bonds. The van der Waals surface area contributed by atoms with Gasteiger partial charge >= 0.3 is 12.1 Å². The standard InChI is InChI=1S/C32H45N5O7/c1-6-24(38)14-13-23-21-26(34-28(33-23)22-11-9-8-10-12-22)29(40)35-25(15-16-27(39)44-32(3,4)5)30(41)36-17-19-37(20-18-36)31(42)43-7-2/h8-12,21,24-25,38H,6-7,13-20H2,1-5H3,(H,35,40)/t24?,25-/m0/s1. The molecule has 1 aliphatic heterocycles. The summed E-state index contributed by atoms with van der Waals surface area (Å²) in [6.45, 7) is 10.2. The lowest BCUT2D eigenvalue weighted by atomic mass is 10.1. The number of carbonyl (C=O) groups excluding carboxylic acids is 4. The van der Waals surface area contributed by atoms with Crippen LogP contribution in [-0.4, -0.2) is 99.3 Å². The Bertz CT molecular complexity index is 1270. The van der Waals surface area contributed by atoms with Gasteiger partial charge in [-0.3, -0.25) is 14.4 Å². The van der Waals surface area contributed by atoms with Crippen LogP contribution in [0.3, 0.4) is 0 Å². The van der Waals surface area contributed by atoms with Gasteiger partial charge in [-0.25, -0.2) is 14.8 Å². The Hall–Kier alpha value is -4.06. The molecule has 0 bridgehead atoms. The molecule has 1 aliphatic rings. The average molecular weight is 612 g/mol. The van der Waals surface area contributed by atoms with Gasteiger partial charge in [-0.05, 0) is 59.4 Å². The molecule has 1 aromatic heterocycles. The summed E-state index contributed by atoms with van der Waals surface area (Å²) in [5.41, 5.74) is 0.682. The summed E-state index contributed by atoms with van der Waals surface area (Å²) in [6, 6.07) is 9.77. The zero-order chi connectivity index (χ0) is 32.3. The Morgan fingerprint density at radius 2 is 1.64 bits per heavy atom. The molecule has 0 aliphatic carbocycles. The van der Waals surface area contributed by atoms with E-state index in [-0.39, 0.29) is 57.2 Å². The predicted molar refractivity (Wildman–Crippen MR) is 164 cm³/mol. The summed E-state index contributed by atoms with van der Waals surface area (Å²) in [5.74, 6) is -1.09. The van der Waals surface area contributed by atoms with Gasteiger partial charge in [0.05, 0.1) is 12.7 Å². The van der Waals surface area contributed by atoms with Gasteiger partial charge in [-0.2, -0.15) is 0 Å². The smallest absolute Gasteiger partial charge is 0.409 e. The van der Waals surface area contributed by atoms with E-state index in [0.717, 1.165) is 5.56 Å². The number of rotatable bonds is 12. The first-order chi connectivity index (χ1) is 20.9. The lowest BCUT2D eigenvalue weighted by Gasteiger charge is -2.36. The summed E-state index contributed by atoms with van der Waals surface area (Å²) < 4.78 is 10.5. The number of nitrogens with one attached hydrogen (secondary N) is 1. The average Bonchev–Trinajstić information content (AvgIpc) is 3.01. The van der Waals surface area contributed by atoms with Crippen molar-refractivity contribution in [3.8, 4) is 11.4 Å². The quantitative estimate of drug-likeness (QED) is 0.344. The van der Waals surface area contributed by atoms with Crippen LogP contribution in [0.5, 0.6) is 0 Å². The second-order valence-electron chi connectivity index (χ2n) is 11.7. The number of aryl methyl sites for hydroxylation is 1. The van der Waals surface area contributed by atoms with Crippen LogP contribution < -0.4 is 5.32 Å². The normalized spacial score (nSPS) is 14.9. The molecule has 1 unspecified atom stereocenters. The molecule has 0 spiro atoms. The number of aliphatic hydroxyl groups is 1. The number of amides is 3. The Morgan fingerprint density at radius 1 is 0.977 bits per heavy atom. The summed E-state index contributed by atoms with van der Waals surface area (Å²) in [4.78, 5) is 64.2. The number of hydrogen-bond acceptors (Lipinski definition) is 9. The molecule has 1 aromatic carbocycles. The fraction of sp³-hybridized carbons (Fsp3) is 0.562. The highest BCUT2D eigenvalue weighted by atomic mass is 16.6. The van der Waals surface area contributed by atoms with Gasteiger partial charge in [0.15, 0.2) is 5.82 Å².